The molecule has 2 aromatic carbocycles. The van der Waals surface area contributed by atoms with E-state index in [4.69, 9.17) is 9.47 Å². The van der Waals surface area contributed by atoms with E-state index in [1.165, 1.54) is 21.7 Å². The maximum atomic E-state index is 13.4. The Morgan fingerprint density at radius 1 is 0.838 bits per heavy atom. The zero-order valence-corrected chi connectivity index (χ0v) is 20.3. The van der Waals surface area contributed by atoms with Gasteiger partial charge in [0.25, 0.3) is 5.91 Å². The standard InChI is InChI=1S/C29H27N3O5/c33-26-10-11-27(34)37-29(36-26)24-9-5-4-8-23(24)28(35)32(29)18-20-13-16-31(17-14-20)19-25-22(12-15-30-25)21-6-2-1-3-7-21/h1-12,15,20,30H,13-14,16-19H2. The Hall–Kier alpha value is -4.17. The summed E-state index contributed by atoms with van der Waals surface area (Å²) in [4.78, 5) is 45.4. The highest BCUT2D eigenvalue weighted by molar-refractivity contribution is 6.01. The number of hydrogen-bond acceptors (Lipinski definition) is 6. The van der Waals surface area contributed by atoms with Crippen molar-refractivity contribution < 1.29 is 23.9 Å². The third kappa shape index (κ3) is 4.23. The summed E-state index contributed by atoms with van der Waals surface area (Å²) >= 11 is 0. The molecule has 4 heterocycles. The van der Waals surface area contributed by atoms with Crippen molar-refractivity contribution in [1.82, 2.24) is 14.8 Å². The van der Waals surface area contributed by atoms with Gasteiger partial charge in [0.1, 0.15) is 0 Å². The molecule has 0 radical (unpaired) electrons. The van der Waals surface area contributed by atoms with Gasteiger partial charge in [0.15, 0.2) is 0 Å². The Morgan fingerprint density at radius 3 is 2.24 bits per heavy atom. The molecule has 1 saturated heterocycles. The molecule has 0 saturated carbocycles. The summed E-state index contributed by atoms with van der Waals surface area (Å²) in [6, 6.07) is 19.3. The average molecular weight is 498 g/mol. The summed E-state index contributed by atoms with van der Waals surface area (Å²) in [5, 5.41) is 0. The van der Waals surface area contributed by atoms with Crippen LogP contribution in [0.5, 0.6) is 0 Å². The van der Waals surface area contributed by atoms with Crippen molar-refractivity contribution in [1.29, 1.82) is 0 Å². The molecule has 0 atom stereocenters. The number of carbonyl (C=O) groups is 3. The predicted molar refractivity (Wildman–Crippen MR) is 135 cm³/mol. The molecule has 188 valence electrons. The van der Waals surface area contributed by atoms with E-state index in [2.05, 4.69) is 28.1 Å². The molecule has 1 spiro atoms. The van der Waals surface area contributed by atoms with Crippen LogP contribution in [0.4, 0.5) is 0 Å². The van der Waals surface area contributed by atoms with Gasteiger partial charge in [-0.25, -0.2) is 9.59 Å². The maximum absolute atomic E-state index is 13.4. The number of nitrogens with one attached hydrogen (secondary N) is 1. The summed E-state index contributed by atoms with van der Waals surface area (Å²) in [7, 11) is 0. The second-order valence-corrected chi connectivity index (χ2v) is 9.67. The van der Waals surface area contributed by atoms with E-state index in [9.17, 15) is 14.4 Å². The van der Waals surface area contributed by atoms with Crippen LogP contribution in [-0.2, 0) is 31.5 Å². The number of aromatic nitrogens is 1. The van der Waals surface area contributed by atoms with Gasteiger partial charge >= 0.3 is 17.8 Å². The number of nitrogens with zero attached hydrogens (tertiary/aromatic N) is 2. The molecule has 0 aliphatic carbocycles. The van der Waals surface area contributed by atoms with E-state index < -0.39 is 17.8 Å². The molecule has 1 aromatic heterocycles. The fourth-order valence-corrected chi connectivity index (χ4v) is 5.52. The highest BCUT2D eigenvalue weighted by atomic mass is 16.8. The van der Waals surface area contributed by atoms with Gasteiger partial charge in [-0.1, -0.05) is 42.5 Å². The molecule has 37 heavy (non-hydrogen) atoms. The number of H-pyrrole nitrogens is 1. The topological polar surface area (TPSA) is 91.9 Å². The monoisotopic (exact) mass is 497 g/mol. The Balaban J connectivity index is 1.17. The summed E-state index contributed by atoms with van der Waals surface area (Å²) in [5.41, 5.74) is 4.33. The van der Waals surface area contributed by atoms with Crippen LogP contribution in [0.2, 0.25) is 0 Å². The van der Waals surface area contributed by atoms with E-state index in [1.807, 2.05) is 24.4 Å². The molecule has 1 amide bonds. The zero-order chi connectivity index (χ0) is 25.4. The van der Waals surface area contributed by atoms with Crippen molar-refractivity contribution in [2.45, 2.75) is 25.3 Å². The Kier molecular flexibility index (Phi) is 5.88. The first-order valence-electron chi connectivity index (χ1n) is 12.5. The van der Waals surface area contributed by atoms with Crippen LogP contribution in [0.15, 0.2) is 79.0 Å². The van der Waals surface area contributed by atoms with Crippen LogP contribution >= 0.6 is 0 Å². The van der Waals surface area contributed by atoms with Gasteiger partial charge in [-0.05, 0) is 55.6 Å². The first-order valence-corrected chi connectivity index (χ1v) is 12.5. The summed E-state index contributed by atoms with van der Waals surface area (Å²) in [6.45, 7) is 2.85. The van der Waals surface area contributed by atoms with E-state index in [0.29, 0.717) is 17.7 Å². The molecular weight excluding hydrogens is 470 g/mol. The van der Waals surface area contributed by atoms with Crippen LogP contribution in [0.1, 0.15) is 34.5 Å². The lowest BCUT2D eigenvalue weighted by Crippen LogP contribution is -2.52. The largest absolute Gasteiger partial charge is 0.396 e. The highest BCUT2D eigenvalue weighted by Crippen LogP contribution is 2.43. The lowest BCUT2D eigenvalue weighted by molar-refractivity contribution is -0.275. The van der Waals surface area contributed by atoms with Crippen molar-refractivity contribution in [3.05, 3.63) is 95.8 Å². The minimum absolute atomic E-state index is 0.164. The van der Waals surface area contributed by atoms with Gasteiger partial charge in [0, 0.05) is 42.7 Å². The van der Waals surface area contributed by atoms with Crippen LogP contribution in [0.25, 0.3) is 11.1 Å². The predicted octanol–water partition coefficient (Wildman–Crippen LogP) is 3.82. The number of ether oxygens (including phenoxy) is 2. The van der Waals surface area contributed by atoms with Crippen LogP contribution < -0.4 is 0 Å². The van der Waals surface area contributed by atoms with Crippen molar-refractivity contribution >= 4 is 17.8 Å². The summed E-state index contributed by atoms with van der Waals surface area (Å²) < 4.78 is 11.3. The molecule has 1 N–H and O–H groups in total. The van der Waals surface area contributed by atoms with Gasteiger partial charge in [-0.3, -0.25) is 14.6 Å². The van der Waals surface area contributed by atoms with E-state index in [0.717, 1.165) is 44.6 Å². The summed E-state index contributed by atoms with van der Waals surface area (Å²) in [5.74, 6) is -3.47. The van der Waals surface area contributed by atoms with Gasteiger partial charge in [-0.2, -0.15) is 0 Å². The number of amides is 1. The SMILES string of the molecule is O=C1C=CC(=O)OC2(O1)c1ccccc1C(=O)N2CC1CCN(Cc2[nH]ccc2-c2ccccc2)CC1. The van der Waals surface area contributed by atoms with E-state index >= 15 is 0 Å². The quantitative estimate of drug-likeness (QED) is 0.539. The molecule has 3 aromatic rings. The number of aromatic amines is 1. The first kappa shape index (κ1) is 23.2. The molecule has 3 aliphatic heterocycles. The van der Waals surface area contributed by atoms with Crippen LogP contribution in [0.3, 0.4) is 0 Å². The number of piperidine rings is 1. The molecule has 8 nitrogen and oxygen atoms in total. The zero-order valence-electron chi connectivity index (χ0n) is 20.3. The molecule has 0 unspecified atom stereocenters. The maximum Gasteiger partial charge on any atom is 0.375 e. The Morgan fingerprint density at radius 2 is 1.51 bits per heavy atom. The summed E-state index contributed by atoms with van der Waals surface area (Å²) in [6.07, 6.45) is 5.76. The van der Waals surface area contributed by atoms with Gasteiger partial charge in [0.05, 0.1) is 11.1 Å². The molecular formula is C29H27N3O5. The van der Waals surface area contributed by atoms with Crippen molar-refractivity contribution in [3.63, 3.8) is 0 Å². The fourth-order valence-electron chi connectivity index (χ4n) is 5.52. The number of benzene rings is 2. The smallest absolute Gasteiger partial charge is 0.375 e. The number of fused-ring (bicyclic) bond motifs is 2. The lowest BCUT2D eigenvalue weighted by Gasteiger charge is -2.39. The molecule has 6 rings (SSSR count). The van der Waals surface area contributed by atoms with Gasteiger partial charge in [-0.15, -0.1) is 0 Å². The second kappa shape index (κ2) is 9.37. The fraction of sp³-hybridized carbons (Fsp3) is 0.276. The molecule has 0 bridgehead atoms. The number of esters is 2. The molecule has 1 fully saturated rings. The minimum atomic E-state index is -1.88. The van der Waals surface area contributed by atoms with Crippen LogP contribution in [0, 0.1) is 5.92 Å². The number of hydrogen-bond donors (Lipinski definition) is 1. The molecule has 3 aliphatic rings. The Bertz CT molecular complexity index is 1350. The van der Waals surface area contributed by atoms with Crippen LogP contribution in [-0.4, -0.2) is 52.3 Å². The second-order valence-electron chi connectivity index (χ2n) is 9.67. The van der Waals surface area contributed by atoms with Crippen molar-refractivity contribution in [2.24, 2.45) is 5.92 Å². The normalized spacial score (nSPS) is 19.6. The average Bonchev–Trinajstić information content (AvgIpc) is 3.41. The highest BCUT2D eigenvalue weighted by Gasteiger charge is 2.57. The van der Waals surface area contributed by atoms with E-state index in [-0.39, 0.29) is 11.8 Å². The van der Waals surface area contributed by atoms with Gasteiger partial charge in [0.2, 0.25) is 0 Å². The van der Waals surface area contributed by atoms with Gasteiger partial charge < -0.3 is 14.5 Å². The third-order valence-electron chi connectivity index (χ3n) is 7.38. The number of carbonyl (C=O) groups excluding carboxylic acids is 3. The lowest BCUT2D eigenvalue weighted by atomic mass is 9.95. The van der Waals surface area contributed by atoms with Crippen molar-refractivity contribution in [2.75, 3.05) is 19.6 Å². The number of rotatable bonds is 5. The van der Waals surface area contributed by atoms with Crippen molar-refractivity contribution in [3.8, 4) is 11.1 Å². The number of likely N-dealkylation sites (tertiary alicyclic amines) is 1. The first-order chi connectivity index (χ1) is 18.0. The Labute approximate surface area is 214 Å². The molecule has 8 heteroatoms. The van der Waals surface area contributed by atoms with E-state index in [1.54, 1.807) is 24.3 Å². The third-order valence-corrected chi connectivity index (χ3v) is 7.38. The minimum Gasteiger partial charge on any atom is -0.396 e.